The van der Waals surface area contributed by atoms with E-state index in [1.54, 1.807) is 0 Å². The third-order valence-electron chi connectivity index (χ3n) is 3.33. The smallest absolute Gasteiger partial charge is 0.319 e. The number of hydrogen-bond donors (Lipinski definition) is 2. The first kappa shape index (κ1) is 15.6. The van der Waals surface area contributed by atoms with Gasteiger partial charge in [-0.15, -0.1) is 0 Å². The largest absolute Gasteiger partial charge is 0.372 e. The molecule has 1 aromatic rings. The molecule has 0 radical (unpaired) electrons. The first-order valence-corrected chi connectivity index (χ1v) is 7.52. The lowest BCUT2D eigenvalue weighted by Gasteiger charge is -2.37. The fourth-order valence-electron chi connectivity index (χ4n) is 2.65. The maximum absolute atomic E-state index is 11.9. The zero-order valence-electron chi connectivity index (χ0n) is 13.2. The number of anilines is 2. The van der Waals surface area contributed by atoms with Crippen LogP contribution in [0, 0.1) is 0 Å². The number of nitrogens with zero attached hydrogens (tertiary/aromatic N) is 1. The molecule has 0 unspecified atom stereocenters. The molecule has 1 saturated heterocycles. The fourth-order valence-corrected chi connectivity index (χ4v) is 2.65. The molecule has 5 nitrogen and oxygen atoms in total. The van der Waals surface area contributed by atoms with Crippen LogP contribution in [0.25, 0.3) is 0 Å². The number of morpholine rings is 1. The minimum absolute atomic E-state index is 0.112. The van der Waals surface area contributed by atoms with Gasteiger partial charge >= 0.3 is 6.03 Å². The van der Waals surface area contributed by atoms with E-state index >= 15 is 0 Å². The maximum Gasteiger partial charge on any atom is 0.319 e. The number of urea groups is 1. The Kier molecular flexibility index (Phi) is 5.07. The Morgan fingerprint density at radius 3 is 2.48 bits per heavy atom. The number of rotatable bonds is 3. The second-order valence-electron chi connectivity index (χ2n) is 5.93. The van der Waals surface area contributed by atoms with E-state index in [2.05, 4.69) is 29.4 Å². The Morgan fingerprint density at radius 1 is 1.24 bits per heavy atom. The van der Waals surface area contributed by atoms with Crippen molar-refractivity contribution in [2.75, 3.05) is 23.3 Å². The van der Waals surface area contributed by atoms with E-state index in [-0.39, 0.29) is 24.3 Å². The topological polar surface area (TPSA) is 53.6 Å². The van der Waals surface area contributed by atoms with Crippen LogP contribution in [-0.2, 0) is 4.74 Å². The number of nitrogens with one attached hydrogen (secondary N) is 2. The molecule has 0 saturated carbocycles. The lowest BCUT2D eigenvalue weighted by molar-refractivity contribution is -0.00517. The fraction of sp³-hybridized carbons (Fsp3) is 0.562. The van der Waals surface area contributed by atoms with Gasteiger partial charge in [-0.2, -0.15) is 0 Å². The van der Waals surface area contributed by atoms with Crippen molar-refractivity contribution in [2.24, 2.45) is 0 Å². The molecule has 2 amide bonds. The summed E-state index contributed by atoms with van der Waals surface area (Å²) in [7, 11) is 0. The Balaban J connectivity index is 2.14. The van der Waals surface area contributed by atoms with Crippen LogP contribution in [0.5, 0.6) is 0 Å². The molecule has 0 spiro atoms. The predicted octanol–water partition coefficient (Wildman–Crippen LogP) is 2.83. The molecule has 21 heavy (non-hydrogen) atoms. The van der Waals surface area contributed by atoms with Crippen molar-refractivity contribution in [1.82, 2.24) is 5.32 Å². The van der Waals surface area contributed by atoms with Crippen LogP contribution in [0.3, 0.4) is 0 Å². The van der Waals surface area contributed by atoms with Gasteiger partial charge in [-0.3, -0.25) is 0 Å². The molecule has 2 N–H and O–H groups in total. The second-order valence-corrected chi connectivity index (χ2v) is 5.93. The third-order valence-corrected chi connectivity index (χ3v) is 3.33. The van der Waals surface area contributed by atoms with Crippen LogP contribution in [0.2, 0.25) is 0 Å². The number of carbonyl (C=O) groups excluding carboxylic acids is 1. The summed E-state index contributed by atoms with van der Waals surface area (Å²) >= 11 is 0. The van der Waals surface area contributed by atoms with Gasteiger partial charge in [0, 0.05) is 19.1 Å². The van der Waals surface area contributed by atoms with Crippen LogP contribution in [0.1, 0.15) is 27.7 Å². The Bertz CT molecular complexity index is 480. The highest BCUT2D eigenvalue weighted by Gasteiger charge is 2.24. The van der Waals surface area contributed by atoms with Crippen LogP contribution in [0.4, 0.5) is 16.2 Å². The van der Waals surface area contributed by atoms with Gasteiger partial charge in [-0.05, 0) is 39.8 Å². The molecule has 1 aliphatic rings. The standard InChI is InChI=1S/C16H25N3O2/c1-11(2)17-16(20)18-14-7-5-6-8-15(14)19-9-12(3)21-13(4)10-19/h5-8,11-13H,9-10H2,1-4H3,(H2,17,18,20)/t12-,13+. The van der Waals surface area contributed by atoms with E-state index in [1.165, 1.54) is 0 Å². The van der Waals surface area contributed by atoms with Crippen LogP contribution >= 0.6 is 0 Å². The molecule has 1 aromatic carbocycles. The van der Waals surface area contributed by atoms with Gasteiger partial charge in [0.25, 0.3) is 0 Å². The normalized spacial score (nSPS) is 22.2. The zero-order valence-corrected chi connectivity index (χ0v) is 13.2. The van der Waals surface area contributed by atoms with Gasteiger partial charge in [0.1, 0.15) is 0 Å². The molecule has 0 aliphatic carbocycles. The first-order chi connectivity index (χ1) is 9.95. The third kappa shape index (κ3) is 4.36. The SMILES string of the molecule is CC(C)NC(=O)Nc1ccccc1N1C[C@@H](C)O[C@@H](C)C1. The highest BCUT2D eigenvalue weighted by atomic mass is 16.5. The summed E-state index contributed by atoms with van der Waals surface area (Å²) in [4.78, 5) is 14.2. The molecule has 1 heterocycles. The van der Waals surface area contributed by atoms with E-state index < -0.39 is 0 Å². The minimum Gasteiger partial charge on any atom is -0.372 e. The number of para-hydroxylation sites is 2. The van der Waals surface area contributed by atoms with Crippen molar-refractivity contribution in [1.29, 1.82) is 0 Å². The van der Waals surface area contributed by atoms with Crippen molar-refractivity contribution in [2.45, 2.75) is 45.9 Å². The second kappa shape index (κ2) is 6.80. The average molecular weight is 291 g/mol. The van der Waals surface area contributed by atoms with Gasteiger partial charge in [0.2, 0.25) is 0 Å². The first-order valence-electron chi connectivity index (χ1n) is 7.52. The maximum atomic E-state index is 11.9. The number of carbonyl (C=O) groups is 1. The van der Waals surface area contributed by atoms with Crippen molar-refractivity contribution in [3.63, 3.8) is 0 Å². The summed E-state index contributed by atoms with van der Waals surface area (Å²) in [5.74, 6) is 0. The van der Waals surface area contributed by atoms with Gasteiger partial charge in [0.15, 0.2) is 0 Å². The molecule has 1 aliphatic heterocycles. The van der Waals surface area contributed by atoms with Crippen molar-refractivity contribution >= 4 is 17.4 Å². The lowest BCUT2D eigenvalue weighted by Crippen LogP contribution is -2.46. The monoisotopic (exact) mass is 291 g/mol. The van der Waals surface area contributed by atoms with Crippen molar-refractivity contribution in [3.8, 4) is 0 Å². The molecular weight excluding hydrogens is 266 g/mol. The van der Waals surface area contributed by atoms with E-state index in [9.17, 15) is 4.79 Å². The lowest BCUT2D eigenvalue weighted by atomic mass is 10.1. The highest BCUT2D eigenvalue weighted by molar-refractivity contribution is 5.93. The highest BCUT2D eigenvalue weighted by Crippen LogP contribution is 2.28. The minimum atomic E-state index is -0.174. The zero-order chi connectivity index (χ0) is 15.4. The summed E-state index contributed by atoms with van der Waals surface area (Å²) < 4.78 is 5.77. The molecule has 2 rings (SSSR count). The molecule has 1 fully saturated rings. The molecular formula is C16H25N3O2. The summed E-state index contributed by atoms with van der Waals surface area (Å²) in [5.41, 5.74) is 1.87. The summed E-state index contributed by atoms with van der Waals surface area (Å²) in [6.45, 7) is 9.69. The Hall–Kier alpha value is -1.75. The quantitative estimate of drug-likeness (QED) is 0.900. The van der Waals surface area contributed by atoms with Crippen LogP contribution < -0.4 is 15.5 Å². The number of benzene rings is 1. The van der Waals surface area contributed by atoms with E-state index in [1.807, 2.05) is 38.1 Å². The molecule has 5 heteroatoms. The molecule has 116 valence electrons. The number of amides is 2. The summed E-state index contributed by atoms with van der Waals surface area (Å²) in [6.07, 6.45) is 0.373. The summed E-state index contributed by atoms with van der Waals surface area (Å²) in [6, 6.07) is 7.83. The number of ether oxygens (including phenoxy) is 1. The molecule has 0 bridgehead atoms. The Morgan fingerprint density at radius 2 is 1.86 bits per heavy atom. The van der Waals surface area contributed by atoms with E-state index in [0.29, 0.717) is 0 Å². The van der Waals surface area contributed by atoms with Gasteiger partial charge in [0.05, 0.1) is 23.6 Å². The van der Waals surface area contributed by atoms with Gasteiger partial charge in [-0.1, -0.05) is 12.1 Å². The van der Waals surface area contributed by atoms with Crippen LogP contribution in [0.15, 0.2) is 24.3 Å². The predicted molar refractivity (Wildman–Crippen MR) is 86.0 cm³/mol. The average Bonchev–Trinajstić information content (AvgIpc) is 2.37. The Labute approximate surface area is 126 Å². The van der Waals surface area contributed by atoms with E-state index in [4.69, 9.17) is 4.74 Å². The van der Waals surface area contributed by atoms with Crippen LogP contribution in [-0.4, -0.2) is 37.4 Å². The summed E-state index contributed by atoms with van der Waals surface area (Å²) in [5, 5.41) is 5.78. The van der Waals surface area contributed by atoms with Crippen molar-refractivity contribution < 1.29 is 9.53 Å². The molecule has 0 aromatic heterocycles. The van der Waals surface area contributed by atoms with Gasteiger partial charge in [-0.25, -0.2) is 4.79 Å². The van der Waals surface area contributed by atoms with Crippen molar-refractivity contribution in [3.05, 3.63) is 24.3 Å². The van der Waals surface area contributed by atoms with E-state index in [0.717, 1.165) is 24.5 Å². The molecule has 2 atom stereocenters. The van der Waals surface area contributed by atoms with Gasteiger partial charge < -0.3 is 20.3 Å². The number of hydrogen-bond acceptors (Lipinski definition) is 3.